The van der Waals surface area contributed by atoms with E-state index in [1.165, 1.54) is 6.07 Å². The van der Waals surface area contributed by atoms with Crippen molar-refractivity contribution in [1.29, 1.82) is 0 Å². The fourth-order valence-electron chi connectivity index (χ4n) is 2.58. The summed E-state index contributed by atoms with van der Waals surface area (Å²) in [5.74, 6) is 1.14. The van der Waals surface area contributed by atoms with Gasteiger partial charge in [-0.1, -0.05) is 18.2 Å². The van der Waals surface area contributed by atoms with Crippen molar-refractivity contribution in [3.05, 3.63) is 39.9 Å². The van der Waals surface area contributed by atoms with Crippen LogP contribution in [0.25, 0.3) is 0 Å². The van der Waals surface area contributed by atoms with Crippen LogP contribution in [0, 0.1) is 16.0 Å². The first-order chi connectivity index (χ1) is 12.2. The molecule has 0 saturated carbocycles. The standard InChI is InChI=1S/C17H26N4O4/c1-18-17(19-8-4-9-24-12-14-7-10-25-13-14)20-11-15-5-2-3-6-16(15)21(22)23/h2-3,5-6,14H,4,7-13H2,1H3,(H2,18,19,20). The summed E-state index contributed by atoms with van der Waals surface area (Å²) in [5, 5.41) is 17.3. The predicted molar refractivity (Wildman–Crippen MR) is 95.7 cm³/mol. The number of benzene rings is 1. The summed E-state index contributed by atoms with van der Waals surface area (Å²) in [4.78, 5) is 14.8. The molecule has 1 unspecified atom stereocenters. The first kappa shape index (κ1) is 19.1. The highest BCUT2D eigenvalue weighted by Gasteiger charge is 2.15. The van der Waals surface area contributed by atoms with Gasteiger partial charge >= 0.3 is 0 Å². The van der Waals surface area contributed by atoms with Crippen LogP contribution < -0.4 is 10.6 Å². The molecule has 0 aromatic heterocycles. The second-order valence-corrected chi connectivity index (χ2v) is 5.90. The number of nitro benzene ring substituents is 1. The van der Waals surface area contributed by atoms with Crippen LogP contribution in [0.5, 0.6) is 0 Å². The molecule has 1 aliphatic heterocycles. The summed E-state index contributed by atoms with van der Waals surface area (Å²) >= 11 is 0. The van der Waals surface area contributed by atoms with Crippen molar-refractivity contribution >= 4 is 11.6 Å². The van der Waals surface area contributed by atoms with Crippen LogP contribution in [0.1, 0.15) is 18.4 Å². The Bertz CT molecular complexity index is 574. The molecular weight excluding hydrogens is 324 g/mol. The summed E-state index contributed by atoms with van der Waals surface area (Å²) in [5.41, 5.74) is 0.729. The molecule has 1 aliphatic rings. The zero-order valence-electron chi connectivity index (χ0n) is 14.6. The Kier molecular flexibility index (Phi) is 8.14. The molecule has 2 rings (SSSR count). The molecule has 0 aliphatic carbocycles. The first-order valence-electron chi connectivity index (χ1n) is 8.53. The lowest BCUT2D eigenvalue weighted by Gasteiger charge is -2.13. The second-order valence-electron chi connectivity index (χ2n) is 5.90. The summed E-state index contributed by atoms with van der Waals surface area (Å²) in [7, 11) is 1.67. The Morgan fingerprint density at radius 1 is 1.44 bits per heavy atom. The highest BCUT2D eigenvalue weighted by atomic mass is 16.6. The third kappa shape index (κ3) is 6.67. The zero-order chi connectivity index (χ0) is 17.9. The number of para-hydroxylation sites is 1. The van der Waals surface area contributed by atoms with Crippen LogP contribution in [0.15, 0.2) is 29.3 Å². The Morgan fingerprint density at radius 3 is 3.00 bits per heavy atom. The van der Waals surface area contributed by atoms with E-state index in [1.807, 2.05) is 0 Å². The van der Waals surface area contributed by atoms with Crippen molar-refractivity contribution in [2.24, 2.45) is 10.9 Å². The molecule has 1 aromatic carbocycles. The maximum Gasteiger partial charge on any atom is 0.274 e. The second kappa shape index (κ2) is 10.6. The molecule has 25 heavy (non-hydrogen) atoms. The Hall–Kier alpha value is -2.19. The van der Waals surface area contributed by atoms with E-state index in [1.54, 1.807) is 25.2 Å². The average Bonchev–Trinajstić information content (AvgIpc) is 3.14. The Balaban J connectivity index is 1.63. The largest absolute Gasteiger partial charge is 0.381 e. The van der Waals surface area contributed by atoms with Crippen molar-refractivity contribution < 1.29 is 14.4 Å². The molecule has 0 radical (unpaired) electrons. The molecule has 1 aromatic rings. The van der Waals surface area contributed by atoms with Gasteiger partial charge in [-0.05, 0) is 12.8 Å². The average molecular weight is 350 g/mol. The minimum absolute atomic E-state index is 0.106. The van der Waals surface area contributed by atoms with Gasteiger partial charge in [-0.2, -0.15) is 0 Å². The first-order valence-corrected chi connectivity index (χ1v) is 8.53. The van der Waals surface area contributed by atoms with E-state index in [0.717, 1.165) is 39.2 Å². The molecule has 1 heterocycles. The Labute approximate surface area is 147 Å². The lowest BCUT2D eigenvalue weighted by atomic mass is 10.1. The number of guanidine groups is 1. The van der Waals surface area contributed by atoms with Crippen molar-refractivity contribution in [2.75, 3.05) is 40.0 Å². The number of rotatable bonds is 9. The summed E-state index contributed by atoms with van der Waals surface area (Å²) in [6.45, 7) is 4.15. The van der Waals surface area contributed by atoms with E-state index in [-0.39, 0.29) is 10.6 Å². The van der Waals surface area contributed by atoms with Crippen molar-refractivity contribution in [3.8, 4) is 0 Å². The number of nitrogens with zero attached hydrogens (tertiary/aromatic N) is 2. The smallest absolute Gasteiger partial charge is 0.274 e. The van der Waals surface area contributed by atoms with Gasteiger partial charge in [0.25, 0.3) is 5.69 Å². The number of hydrogen-bond acceptors (Lipinski definition) is 5. The fourth-order valence-corrected chi connectivity index (χ4v) is 2.58. The molecule has 8 heteroatoms. The monoisotopic (exact) mass is 350 g/mol. The van der Waals surface area contributed by atoms with Gasteiger partial charge in [0, 0.05) is 50.9 Å². The third-order valence-corrected chi connectivity index (χ3v) is 3.99. The molecule has 138 valence electrons. The quantitative estimate of drug-likeness (QED) is 0.231. The summed E-state index contributed by atoms with van der Waals surface area (Å²) in [6.07, 6.45) is 1.94. The van der Waals surface area contributed by atoms with Crippen LogP contribution in [0.4, 0.5) is 5.69 Å². The number of aliphatic imine (C=N–C) groups is 1. The van der Waals surface area contributed by atoms with Crippen molar-refractivity contribution in [3.63, 3.8) is 0 Å². The number of hydrogen-bond donors (Lipinski definition) is 2. The van der Waals surface area contributed by atoms with E-state index in [2.05, 4.69) is 15.6 Å². The lowest BCUT2D eigenvalue weighted by Crippen LogP contribution is -2.37. The highest BCUT2D eigenvalue weighted by molar-refractivity contribution is 5.79. The van der Waals surface area contributed by atoms with Gasteiger partial charge in [-0.3, -0.25) is 15.1 Å². The molecular formula is C17H26N4O4. The van der Waals surface area contributed by atoms with E-state index in [4.69, 9.17) is 9.47 Å². The SMILES string of the molecule is CN=C(NCCCOCC1CCOC1)NCc1ccccc1[N+](=O)[O-]. The highest BCUT2D eigenvalue weighted by Crippen LogP contribution is 2.17. The van der Waals surface area contributed by atoms with Gasteiger partial charge in [-0.25, -0.2) is 0 Å². The number of nitro groups is 1. The van der Waals surface area contributed by atoms with Gasteiger partial charge < -0.3 is 20.1 Å². The molecule has 8 nitrogen and oxygen atoms in total. The molecule has 1 atom stereocenters. The van der Waals surface area contributed by atoms with E-state index >= 15 is 0 Å². The predicted octanol–water partition coefficient (Wildman–Crippen LogP) is 1.70. The lowest BCUT2D eigenvalue weighted by molar-refractivity contribution is -0.385. The summed E-state index contributed by atoms with van der Waals surface area (Å²) < 4.78 is 11.0. The van der Waals surface area contributed by atoms with Gasteiger partial charge in [-0.15, -0.1) is 0 Å². The molecule has 0 amide bonds. The fraction of sp³-hybridized carbons (Fsp3) is 0.588. The summed E-state index contributed by atoms with van der Waals surface area (Å²) in [6, 6.07) is 6.68. The zero-order valence-corrected chi connectivity index (χ0v) is 14.6. The molecule has 1 fully saturated rings. The van der Waals surface area contributed by atoms with Crippen LogP contribution in [0.2, 0.25) is 0 Å². The van der Waals surface area contributed by atoms with E-state index in [0.29, 0.717) is 30.6 Å². The maximum absolute atomic E-state index is 11.0. The van der Waals surface area contributed by atoms with Gasteiger partial charge in [0.2, 0.25) is 0 Å². The van der Waals surface area contributed by atoms with Crippen LogP contribution in [0.3, 0.4) is 0 Å². The third-order valence-electron chi connectivity index (χ3n) is 3.99. The molecule has 1 saturated heterocycles. The topological polar surface area (TPSA) is 98.0 Å². The molecule has 0 bridgehead atoms. The van der Waals surface area contributed by atoms with Gasteiger partial charge in [0.15, 0.2) is 5.96 Å². The van der Waals surface area contributed by atoms with Crippen LogP contribution in [-0.4, -0.2) is 50.9 Å². The van der Waals surface area contributed by atoms with Crippen LogP contribution >= 0.6 is 0 Å². The van der Waals surface area contributed by atoms with Crippen molar-refractivity contribution in [1.82, 2.24) is 10.6 Å². The normalized spacial score (nSPS) is 17.5. The maximum atomic E-state index is 11.0. The minimum atomic E-state index is -0.375. The van der Waals surface area contributed by atoms with Gasteiger partial charge in [0.1, 0.15) is 0 Å². The number of nitrogens with one attached hydrogen (secondary N) is 2. The van der Waals surface area contributed by atoms with E-state index in [9.17, 15) is 10.1 Å². The van der Waals surface area contributed by atoms with E-state index < -0.39 is 0 Å². The minimum Gasteiger partial charge on any atom is -0.381 e. The number of ether oxygens (including phenoxy) is 2. The molecule has 2 N–H and O–H groups in total. The van der Waals surface area contributed by atoms with Gasteiger partial charge in [0.05, 0.1) is 18.1 Å². The molecule has 0 spiro atoms. The van der Waals surface area contributed by atoms with Crippen LogP contribution in [-0.2, 0) is 16.0 Å². The Morgan fingerprint density at radius 2 is 2.28 bits per heavy atom. The van der Waals surface area contributed by atoms with Crippen molar-refractivity contribution in [2.45, 2.75) is 19.4 Å².